The second kappa shape index (κ2) is 19.6. The number of halogens is 2. The Labute approximate surface area is 317 Å². The molecule has 0 bridgehead atoms. The van der Waals surface area contributed by atoms with Crippen LogP contribution in [-0.4, -0.2) is 81.1 Å². The minimum atomic E-state index is -4.24. The molecule has 0 fully saturated rings. The van der Waals surface area contributed by atoms with Crippen molar-refractivity contribution >= 4 is 68.5 Å². The zero-order valence-corrected chi connectivity index (χ0v) is 31.8. The van der Waals surface area contributed by atoms with Gasteiger partial charge in [0.1, 0.15) is 10.7 Å². The summed E-state index contributed by atoms with van der Waals surface area (Å²) in [4.78, 5) is 64.0. The van der Waals surface area contributed by atoms with Crippen molar-refractivity contribution in [2.45, 2.75) is 70.0 Å². The van der Waals surface area contributed by atoms with Gasteiger partial charge < -0.3 is 28.7 Å². The number of carbonyl (C=O) groups is 5. The van der Waals surface area contributed by atoms with Crippen LogP contribution >= 0.6 is 23.2 Å². The summed E-state index contributed by atoms with van der Waals surface area (Å²) in [5, 5.41) is 8.38. The van der Waals surface area contributed by atoms with Gasteiger partial charge in [-0.1, -0.05) is 35.3 Å². The number of primary sulfonamides is 1. The van der Waals surface area contributed by atoms with Gasteiger partial charge in [-0.15, -0.1) is 0 Å². The minimum Gasteiger partial charge on any atom is -0.467 e. The Hall–Kier alpha value is -4.48. The minimum absolute atomic E-state index is 0.0443. The van der Waals surface area contributed by atoms with E-state index in [1.807, 2.05) is 0 Å². The molecule has 0 aliphatic rings. The summed E-state index contributed by atoms with van der Waals surface area (Å²) in [7, 11) is -4.24. The van der Waals surface area contributed by atoms with Gasteiger partial charge in [0.15, 0.2) is 5.78 Å². The smallest absolute Gasteiger partial charge is 0.413 e. The lowest BCUT2D eigenvalue weighted by molar-refractivity contribution is -0.161. The molecule has 0 saturated heterocycles. The average Bonchev–Trinajstić information content (AvgIpc) is 3.60. The molecule has 0 aliphatic carbocycles. The number of ether oxygens (including phenoxy) is 4. The van der Waals surface area contributed by atoms with E-state index in [1.54, 1.807) is 51.1 Å². The van der Waals surface area contributed by atoms with Gasteiger partial charge in [0.05, 0.1) is 48.3 Å². The number of furan rings is 1. The van der Waals surface area contributed by atoms with Crippen molar-refractivity contribution < 1.29 is 55.8 Å². The molecule has 3 N–H and O–H groups in total. The fourth-order valence-corrected chi connectivity index (χ4v) is 6.19. The quantitative estimate of drug-likeness (QED) is 0.0486. The molecule has 3 rings (SSSR count). The SMILES string of the molecule is CC(C(=O)c1cccc(Cl)c1)N(C(=O)OCOC(=O)C(=O)CCOCCCCOC(=O)c1cc(S(N)(=O)=O)c(Cl)cc1NCc1ccco1)C(C)(C)C. The van der Waals surface area contributed by atoms with Crippen molar-refractivity contribution in [1.82, 2.24) is 4.90 Å². The molecule has 1 amide bonds. The maximum atomic E-state index is 13.1. The van der Waals surface area contributed by atoms with Crippen LogP contribution in [0.15, 0.2) is 64.1 Å². The number of hydrogen-bond acceptors (Lipinski definition) is 13. The lowest BCUT2D eigenvalue weighted by atomic mass is 9.98. The molecule has 53 heavy (non-hydrogen) atoms. The van der Waals surface area contributed by atoms with E-state index in [2.05, 4.69) is 5.32 Å². The third kappa shape index (κ3) is 13.2. The fourth-order valence-electron chi connectivity index (χ4n) is 4.90. The zero-order valence-electron chi connectivity index (χ0n) is 29.5. The lowest BCUT2D eigenvalue weighted by Crippen LogP contribution is -2.53. The molecular formula is C35H41Cl2N3O12S. The Balaban J connectivity index is 1.38. The van der Waals surface area contributed by atoms with Crippen molar-refractivity contribution in [3.63, 3.8) is 0 Å². The molecule has 1 unspecified atom stereocenters. The number of amides is 1. The van der Waals surface area contributed by atoms with Crippen LogP contribution in [0.2, 0.25) is 10.0 Å². The topological polar surface area (TPSA) is 211 Å². The summed E-state index contributed by atoms with van der Waals surface area (Å²) in [5.74, 6) is -2.80. The molecule has 0 saturated carbocycles. The average molecular weight is 799 g/mol. The van der Waals surface area contributed by atoms with Gasteiger partial charge in [0.25, 0.3) is 0 Å². The van der Waals surface area contributed by atoms with E-state index in [1.165, 1.54) is 30.2 Å². The van der Waals surface area contributed by atoms with Gasteiger partial charge >= 0.3 is 18.0 Å². The van der Waals surface area contributed by atoms with Gasteiger partial charge in [-0.25, -0.2) is 27.9 Å². The standard InChI is InChI=1S/C35H41Cl2N3O12S/c1-22(31(42)23-9-7-10-24(36)17-23)40(35(2,3)4)34(45)52-21-51-33(44)29(41)12-16-48-13-5-6-14-50-32(43)26-18-30(53(38,46)47)27(37)19-28(26)39-20-25-11-8-15-49-25/h7-11,15,17-19,22,39H,5-6,12-14,16,20-21H2,1-4H3,(H2,38,46,47). The van der Waals surface area contributed by atoms with Gasteiger partial charge in [-0.05, 0) is 76.9 Å². The van der Waals surface area contributed by atoms with Crippen LogP contribution in [0.5, 0.6) is 0 Å². The highest BCUT2D eigenvalue weighted by molar-refractivity contribution is 7.89. The Bertz CT molecular complexity index is 1880. The number of hydrogen-bond donors (Lipinski definition) is 2. The number of ketones is 2. The van der Waals surface area contributed by atoms with Gasteiger partial charge in [-0.3, -0.25) is 14.5 Å². The molecule has 0 aliphatic heterocycles. The number of rotatable bonds is 19. The van der Waals surface area contributed by atoms with Crippen molar-refractivity contribution in [3.05, 3.63) is 81.7 Å². The Kier molecular flexibility index (Phi) is 15.8. The van der Waals surface area contributed by atoms with Crippen molar-refractivity contribution in [1.29, 1.82) is 0 Å². The number of nitrogens with one attached hydrogen (secondary N) is 1. The number of sulfonamides is 1. The summed E-state index contributed by atoms with van der Waals surface area (Å²) in [6.45, 7) is 5.97. The number of anilines is 1. The third-order valence-corrected chi connectivity index (χ3v) is 9.03. The predicted molar refractivity (Wildman–Crippen MR) is 193 cm³/mol. The molecule has 2 aromatic carbocycles. The number of nitrogens with zero attached hydrogens (tertiary/aromatic N) is 1. The molecule has 288 valence electrons. The van der Waals surface area contributed by atoms with E-state index < -0.39 is 57.1 Å². The van der Waals surface area contributed by atoms with Crippen LogP contribution < -0.4 is 10.5 Å². The van der Waals surface area contributed by atoms with E-state index in [4.69, 9.17) is 51.7 Å². The normalized spacial score (nSPS) is 12.1. The van der Waals surface area contributed by atoms with Crippen LogP contribution in [0, 0.1) is 0 Å². The van der Waals surface area contributed by atoms with Gasteiger partial charge in [-0.2, -0.15) is 0 Å². The number of unbranched alkanes of at least 4 members (excludes halogenated alkanes) is 1. The molecule has 1 aromatic heterocycles. The van der Waals surface area contributed by atoms with Crippen molar-refractivity contribution in [2.75, 3.05) is 31.9 Å². The highest BCUT2D eigenvalue weighted by Gasteiger charge is 2.36. The highest BCUT2D eigenvalue weighted by Crippen LogP contribution is 2.29. The van der Waals surface area contributed by atoms with E-state index in [9.17, 15) is 32.4 Å². The van der Waals surface area contributed by atoms with Gasteiger partial charge in [0, 0.05) is 29.2 Å². The summed E-state index contributed by atoms with van der Waals surface area (Å²) in [5.41, 5.74) is -0.457. The molecule has 18 heteroatoms. The first kappa shape index (κ1) is 42.9. The first-order chi connectivity index (χ1) is 24.9. The van der Waals surface area contributed by atoms with Gasteiger partial charge in [0.2, 0.25) is 22.6 Å². The van der Waals surface area contributed by atoms with Crippen molar-refractivity contribution in [2.24, 2.45) is 5.14 Å². The number of esters is 2. The van der Waals surface area contributed by atoms with Crippen LogP contribution in [0.25, 0.3) is 0 Å². The molecule has 1 atom stereocenters. The van der Waals surface area contributed by atoms with E-state index in [0.717, 1.165) is 6.07 Å². The van der Waals surface area contributed by atoms with Crippen LogP contribution in [0.4, 0.5) is 10.5 Å². The second-order valence-electron chi connectivity index (χ2n) is 12.5. The largest absolute Gasteiger partial charge is 0.467 e. The fraction of sp³-hybridized carbons (Fsp3) is 0.400. The maximum Gasteiger partial charge on any atom is 0.413 e. The van der Waals surface area contributed by atoms with E-state index in [-0.39, 0.29) is 54.8 Å². The number of nitrogens with two attached hydrogens (primary N) is 1. The summed E-state index contributed by atoms with van der Waals surface area (Å²) in [6, 6.07) is 11.0. The van der Waals surface area contributed by atoms with E-state index >= 15 is 0 Å². The lowest BCUT2D eigenvalue weighted by Gasteiger charge is -2.38. The first-order valence-corrected chi connectivity index (χ1v) is 18.5. The Morgan fingerprint density at radius 1 is 0.943 bits per heavy atom. The second-order valence-corrected chi connectivity index (χ2v) is 14.9. The monoisotopic (exact) mass is 797 g/mol. The number of Topliss-reactive ketones (excluding diaryl/α,β-unsaturated/α-hetero) is 2. The molecule has 0 spiro atoms. The Morgan fingerprint density at radius 2 is 1.66 bits per heavy atom. The number of benzene rings is 2. The zero-order chi connectivity index (χ0) is 39.3. The van der Waals surface area contributed by atoms with Crippen LogP contribution in [0.1, 0.15) is 73.4 Å². The molecule has 3 aromatic rings. The maximum absolute atomic E-state index is 13.1. The first-order valence-electron chi connectivity index (χ1n) is 16.2. The van der Waals surface area contributed by atoms with Crippen LogP contribution in [-0.2, 0) is 45.1 Å². The number of carbonyl (C=O) groups excluding carboxylic acids is 5. The van der Waals surface area contributed by atoms with Crippen LogP contribution in [0.3, 0.4) is 0 Å². The summed E-state index contributed by atoms with van der Waals surface area (Å²) in [6.07, 6.45) is 1.00. The predicted octanol–water partition coefficient (Wildman–Crippen LogP) is 5.77. The molecular weight excluding hydrogens is 757 g/mol. The van der Waals surface area contributed by atoms with E-state index in [0.29, 0.717) is 29.2 Å². The highest BCUT2D eigenvalue weighted by atomic mass is 35.5. The molecule has 1 heterocycles. The summed E-state index contributed by atoms with van der Waals surface area (Å²) >= 11 is 12.1. The molecule has 15 nitrogen and oxygen atoms in total. The third-order valence-electron chi connectivity index (χ3n) is 7.42. The molecule has 0 radical (unpaired) electrons. The Morgan fingerprint density at radius 3 is 2.30 bits per heavy atom. The van der Waals surface area contributed by atoms with Crippen molar-refractivity contribution in [3.8, 4) is 0 Å². The summed E-state index contributed by atoms with van der Waals surface area (Å²) < 4.78 is 49.8.